The molecule has 0 aliphatic rings. The van der Waals surface area contributed by atoms with Crippen molar-refractivity contribution in [3.05, 3.63) is 30.2 Å². The molecule has 1 aromatic heterocycles. The Bertz CT molecular complexity index is 619. The van der Waals surface area contributed by atoms with Crippen LogP contribution in [0.15, 0.2) is 24.5 Å². The Balaban J connectivity index is 2.67. The summed E-state index contributed by atoms with van der Waals surface area (Å²) < 4.78 is 11.8. The van der Waals surface area contributed by atoms with Crippen LogP contribution in [0, 0.1) is 0 Å². The zero-order chi connectivity index (χ0) is 14.0. The van der Waals surface area contributed by atoms with Crippen molar-refractivity contribution < 1.29 is 19.4 Å². The molecule has 0 aliphatic heterocycles. The van der Waals surface area contributed by atoms with E-state index in [0.29, 0.717) is 22.8 Å². The van der Waals surface area contributed by atoms with Gasteiger partial charge in [0.05, 0.1) is 20.5 Å². The summed E-state index contributed by atoms with van der Waals surface area (Å²) in [7, 11) is 4.70. The van der Waals surface area contributed by atoms with E-state index in [9.17, 15) is 9.90 Å². The van der Waals surface area contributed by atoms with Crippen LogP contribution in [0.1, 0.15) is 10.5 Å². The molecule has 0 saturated carbocycles. The van der Waals surface area contributed by atoms with E-state index in [2.05, 4.69) is 4.98 Å². The molecule has 2 aromatic rings. The van der Waals surface area contributed by atoms with E-state index in [1.807, 2.05) is 0 Å². The molecule has 0 fully saturated rings. The number of imidazole rings is 1. The van der Waals surface area contributed by atoms with Gasteiger partial charge < -0.3 is 19.1 Å². The van der Waals surface area contributed by atoms with Gasteiger partial charge in [0.2, 0.25) is 0 Å². The van der Waals surface area contributed by atoms with Gasteiger partial charge in [0.25, 0.3) is 0 Å². The standard InChI is InChI=1S/C13H14N2O4/c1-15-7-14-11(12(15)13(16)17)9-6-8(18-2)4-5-10(9)19-3/h4-7H,1-3H3,(H,16,17). The Morgan fingerprint density at radius 1 is 1.32 bits per heavy atom. The minimum Gasteiger partial charge on any atom is -0.497 e. The molecule has 0 amide bonds. The number of aryl methyl sites for hydroxylation is 1. The van der Waals surface area contributed by atoms with Crippen LogP contribution in [0.2, 0.25) is 0 Å². The fraction of sp³-hybridized carbons (Fsp3) is 0.231. The molecule has 1 aromatic carbocycles. The van der Waals surface area contributed by atoms with Crippen molar-refractivity contribution in [2.45, 2.75) is 0 Å². The molecule has 0 saturated heterocycles. The molecule has 6 nitrogen and oxygen atoms in total. The van der Waals surface area contributed by atoms with Crippen LogP contribution in [0.25, 0.3) is 11.3 Å². The quantitative estimate of drug-likeness (QED) is 0.909. The maximum atomic E-state index is 11.3. The van der Waals surface area contributed by atoms with Crippen LogP contribution in [-0.4, -0.2) is 34.8 Å². The summed E-state index contributed by atoms with van der Waals surface area (Å²) in [5, 5.41) is 9.25. The number of ether oxygens (including phenoxy) is 2. The molecule has 2 rings (SSSR count). The molecule has 6 heteroatoms. The van der Waals surface area contributed by atoms with Gasteiger partial charge in [0.1, 0.15) is 17.2 Å². The smallest absolute Gasteiger partial charge is 0.354 e. The fourth-order valence-electron chi connectivity index (χ4n) is 1.88. The predicted octanol–water partition coefficient (Wildman–Crippen LogP) is 1.80. The maximum absolute atomic E-state index is 11.3. The van der Waals surface area contributed by atoms with Crippen LogP contribution in [0.3, 0.4) is 0 Å². The minimum atomic E-state index is -1.04. The second-order valence-corrected chi connectivity index (χ2v) is 3.92. The number of aromatic carboxylic acids is 1. The third-order valence-electron chi connectivity index (χ3n) is 2.80. The molecule has 1 N–H and O–H groups in total. The van der Waals surface area contributed by atoms with Crippen molar-refractivity contribution in [2.24, 2.45) is 7.05 Å². The average Bonchev–Trinajstić information content (AvgIpc) is 2.79. The van der Waals surface area contributed by atoms with E-state index in [0.717, 1.165) is 0 Å². The Morgan fingerprint density at radius 2 is 2.05 bits per heavy atom. The summed E-state index contributed by atoms with van der Waals surface area (Å²) in [6, 6.07) is 5.16. The highest BCUT2D eigenvalue weighted by Crippen LogP contribution is 2.34. The monoisotopic (exact) mass is 262 g/mol. The summed E-state index contributed by atoms with van der Waals surface area (Å²) in [6.45, 7) is 0. The van der Waals surface area contributed by atoms with Gasteiger partial charge in [-0.3, -0.25) is 0 Å². The Kier molecular flexibility index (Phi) is 3.41. The topological polar surface area (TPSA) is 73.6 Å². The lowest BCUT2D eigenvalue weighted by Gasteiger charge is -2.09. The van der Waals surface area contributed by atoms with Gasteiger partial charge in [0.15, 0.2) is 5.69 Å². The summed E-state index contributed by atoms with van der Waals surface area (Å²) in [5.41, 5.74) is 1.04. The van der Waals surface area contributed by atoms with Gasteiger partial charge in [-0.1, -0.05) is 0 Å². The number of carboxylic acid groups (broad SMARTS) is 1. The molecule has 0 spiro atoms. The average molecular weight is 262 g/mol. The highest BCUT2D eigenvalue weighted by Gasteiger charge is 2.20. The molecule has 0 bridgehead atoms. The number of carboxylic acids is 1. The highest BCUT2D eigenvalue weighted by atomic mass is 16.5. The summed E-state index contributed by atoms with van der Waals surface area (Å²) in [4.78, 5) is 15.4. The predicted molar refractivity (Wildman–Crippen MR) is 68.7 cm³/mol. The Labute approximate surface area is 110 Å². The number of methoxy groups -OCH3 is 2. The largest absolute Gasteiger partial charge is 0.497 e. The molecular formula is C13H14N2O4. The van der Waals surface area contributed by atoms with Crippen LogP contribution < -0.4 is 9.47 Å². The first-order valence-electron chi connectivity index (χ1n) is 5.55. The first-order chi connectivity index (χ1) is 9.08. The first kappa shape index (κ1) is 12.9. The fourth-order valence-corrected chi connectivity index (χ4v) is 1.88. The lowest BCUT2D eigenvalue weighted by atomic mass is 10.1. The van der Waals surface area contributed by atoms with E-state index in [1.54, 1.807) is 32.4 Å². The van der Waals surface area contributed by atoms with Gasteiger partial charge in [-0.15, -0.1) is 0 Å². The number of hydrogen-bond donors (Lipinski definition) is 1. The number of benzene rings is 1. The second-order valence-electron chi connectivity index (χ2n) is 3.92. The van der Waals surface area contributed by atoms with E-state index in [1.165, 1.54) is 18.0 Å². The van der Waals surface area contributed by atoms with Gasteiger partial charge in [-0.05, 0) is 18.2 Å². The van der Waals surface area contributed by atoms with Gasteiger partial charge in [-0.2, -0.15) is 0 Å². The van der Waals surface area contributed by atoms with Crippen molar-refractivity contribution >= 4 is 5.97 Å². The van der Waals surface area contributed by atoms with E-state index >= 15 is 0 Å². The lowest BCUT2D eigenvalue weighted by molar-refractivity contribution is 0.0687. The zero-order valence-corrected chi connectivity index (χ0v) is 10.9. The molecule has 0 atom stereocenters. The molecule has 0 unspecified atom stereocenters. The van der Waals surface area contributed by atoms with Crippen molar-refractivity contribution in [1.29, 1.82) is 0 Å². The Morgan fingerprint density at radius 3 is 2.63 bits per heavy atom. The number of aromatic nitrogens is 2. The molecule has 100 valence electrons. The number of carbonyl (C=O) groups is 1. The van der Waals surface area contributed by atoms with E-state index < -0.39 is 5.97 Å². The SMILES string of the molecule is COc1ccc(OC)c(-c2ncn(C)c2C(=O)O)c1. The third kappa shape index (κ3) is 2.24. The molecule has 19 heavy (non-hydrogen) atoms. The van der Waals surface area contributed by atoms with Gasteiger partial charge in [-0.25, -0.2) is 9.78 Å². The van der Waals surface area contributed by atoms with Crippen LogP contribution in [0.5, 0.6) is 11.5 Å². The second kappa shape index (κ2) is 5.01. The minimum absolute atomic E-state index is 0.103. The lowest BCUT2D eigenvalue weighted by Crippen LogP contribution is -2.05. The van der Waals surface area contributed by atoms with Gasteiger partial charge in [0, 0.05) is 12.6 Å². The molecular weight excluding hydrogens is 248 g/mol. The number of nitrogens with zero attached hydrogens (tertiary/aromatic N) is 2. The summed E-state index contributed by atoms with van der Waals surface area (Å²) in [5.74, 6) is 0.111. The summed E-state index contributed by atoms with van der Waals surface area (Å²) >= 11 is 0. The van der Waals surface area contributed by atoms with Crippen LogP contribution >= 0.6 is 0 Å². The van der Waals surface area contributed by atoms with Crippen molar-refractivity contribution in [3.8, 4) is 22.8 Å². The van der Waals surface area contributed by atoms with Crippen molar-refractivity contribution in [3.63, 3.8) is 0 Å². The number of rotatable bonds is 4. The van der Waals surface area contributed by atoms with Crippen LogP contribution in [-0.2, 0) is 7.05 Å². The van der Waals surface area contributed by atoms with Crippen molar-refractivity contribution in [1.82, 2.24) is 9.55 Å². The maximum Gasteiger partial charge on any atom is 0.354 e. The first-order valence-corrected chi connectivity index (χ1v) is 5.55. The highest BCUT2D eigenvalue weighted by molar-refractivity contribution is 5.94. The number of hydrogen-bond acceptors (Lipinski definition) is 4. The molecule has 0 aliphatic carbocycles. The molecule has 1 heterocycles. The van der Waals surface area contributed by atoms with Crippen LogP contribution in [0.4, 0.5) is 0 Å². The van der Waals surface area contributed by atoms with E-state index in [-0.39, 0.29) is 5.69 Å². The van der Waals surface area contributed by atoms with E-state index in [4.69, 9.17) is 9.47 Å². The normalized spacial score (nSPS) is 10.3. The zero-order valence-electron chi connectivity index (χ0n) is 10.9. The van der Waals surface area contributed by atoms with Gasteiger partial charge >= 0.3 is 5.97 Å². The summed E-state index contributed by atoms with van der Waals surface area (Å²) in [6.07, 6.45) is 1.46. The third-order valence-corrected chi connectivity index (χ3v) is 2.80. The van der Waals surface area contributed by atoms with Crippen molar-refractivity contribution in [2.75, 3.05) is 14.2 Å². The Hall–Kier alpha value is -2.50. The molecule has 0 radical (unpaired) electrons.